The molecule has 3 nitrogen and oxygen atoms in total. The van der Waals surface area contributed by atoms with Crippen molar-refractivity contribution in [3.05, 3.63) is 90.0 Å². The summed E-state index contributed by atoms with van der Waals surface area (Å²) in [5, 5.41) is 0.0422. The quantitative estimate of drug-likeness (QED) is 0.548. The van der Waals surface area contributed by atoms with E-state index < -0.39 is 10.6 Å². The lowest BCUT2D eigenvalue weighted by Gasteiger charge is -2.27. The summed E-state index contributed by atoms with van der Waals surface area (Å²) >= 11 is 1.67. The Morgan fingerprint density at radius 1 is 0.923 bits per heavy atom. The van der Waals surface area contributed by atoms with Crippen molar-refractivity contribution in [1.29, 1.82) is 0 Å². The van der Waals surface area contributed by atoms with Crippen molar-refractivity contribution in [2.45, 2.75) is 21.6 Å². The van der Waals surface area contributed by atoms with Crippen molar-refractivity contribution < 1.29 is 13.8 Å². The number of thioether (sulfide) groups is 1. The first-order chi connectivity index (χ1) is 12.6. The number of benzene rings is 3. The van der Waals surface area contributed by atoms with Gasteiger partial charge in [0, 0.05) is 11.0 Å². The van der Waals surface area contributed by atoms with Gasteiger partial charge in [0.2, 0.25) is 0 Å². The summed E-state index contributed by atoms with van der Waals surface area (Å²) in [6.45, 7) is 0.459. The van der Waals surface area contributed by atoms with Crippen LogP contribution >= 0.6 is 22.4 Å². The summed E-state index contributed by atoms with van der Waals surface area (Å²) in [6.07, 6.45) is 0. The zero-order valence-corrected chi connectivity index (χ0v) is 15.7. The molecule has 0 saturated heterocycles. The van der Waals surface area contributed by atoms with E-state index >= 15 is 0 Å². The maximum absolute atomic E-state index is 10.6. The SMILES string of the molecule is OS1(O)CC(Sc2ccccc2)c2ccc(OCc3ccccc3)cc21. The highest BCUT2D eigenvalue weighted by molar-refractivity contribution is 8.25. The van der Waals surface area contributed by atoms with Gasteiger partial charge < -0.3 is 4.74 Å². The molecule has 0 radical (unpaired) electrons. The van der Waals surface area contributed by atoms with Crippen LogP contribution in [0.2, 0.25) is 0 Å². The van der Waals surface area contributed by atoms with Crippen molar-refractivity contribution in [1.82, 2.24) is 0 Å². The summed E-state index contributed by atoms with van der Waals surface area (Å²) in [6, 6.07) is 25.7. The van der Waals surface area contributed by atoms with E-state index in [4.69, 9.17) is 4.74 Å². The molecule has 4 rings (SSSR count). The van der Waals surface area contributed by atoms with Crippen molar-refractivity contribution >= 4 is 22.4 Å². The van der Waals surface area contributed by atoms with E-state index in [0.717, 1.165) is 16.0 Å². The first-order valence-electron chi connectivity index (χ1n) is 8.40. The Hall–Kier alpha value is -1.92. The minimum absolute atomic E-state index is 0.0422. The fraction of sp³-hybridized carbons (Fsp3) is 0.143. The Bertz CT molecular complexity index is 882. The van der Waals surface area contributed by atoms with Crippen molar-refractivity contribution in [2.75, 3.05) is 5.75 Å². The molecule has 1 atom stereocenters. The predicted molar refractivity (Wildman–Crippen MR) is 108 cm³/mol. The standard InChI is InChI=1S/C21H20O3S2/c22-26(23)15-20(25-18-9-5-2-6-10-18)19-12-11-17(13-21(19)26)24-14-16-7-3-1-4-8-16/h1-13,20,22-23H,14-15H2. The maximum atomic E-state index is 10.6. The van der Waals surface area contributed by atoms with Crippen LogP contribution in [0.4, 0.5) is 0 Å². The molecule has 0 saturated carbocycles. The second-order valence-electron chi connectivity index (χ2n) is 6.23. The van der Waals surface area contributed by atoms with Gasteiger partial charge in [-0.1, -0.05) is 54.6 Å². The Balaban J connectivity index is 1.54. The van der Waals surface area contributed by atoms with Crippen LogP contribution in [0.25, 0.3) is 0 Å². The largest absolute Gasteiger partial charge is 0.489 e. The number of rotatable bonds is 5. The van der Waals surface area contributed by atoms with Gasteiger partial charge in [0.05, 0.1) is 15.9 Å². The zero-order valence-electron chi connectivity index (χ0n) is 14.1. The highest BCUT2D eigenvalue weighted by Gasteiger charge is 2.36. The van der Waals surface area contributed by atoms with Gasteiger partial charge in [-0.15, -0.1) is 11.8 Å². The maximum Gasteiger partial charge on any atom is 0.121 e. The van der Waals surface area contributed by atoms with E-state index in [1.54, 1.807) is 17.8 Å². The Labute approximate surface area is 159 Å². The molecule has 0 fully saturated rings. The van der Waals surface area contributed by atoms with Crippen LogP contribution in [-0.2, 0) is 6.61 Å². The first kappa shape index (κ1) is 17.5. The average molecular weight is 385 g/mol. The van der Waals surface area contributed by atoms with Crippen LogP contribution in [-0.4, -0.2) is 14.9 Å². The van der Waals surface area contributed by atoms with Crippen LogP contribution in [0.5, 0.6) is 5.75 Å². The van der Waals surface area contributed by atoms with Gasteiger partial charge in [-0.25, -0.2) is 0 Å². The summed E-state index contributed by atoms with van der Waals surface area (Å²) in [5.74, 6) is 1.02. The monoisotopic (exact) mass is 384 g/mol. The van der Waals surface area contributed by atoms with Gasteiger partial charge in [0.15, 0.2) is 0 Å². The summed E-state index contributed by atoms with van der Waals surface area (Å²) < 4.78 is 27.0. The Kier molecular flexibility index (Phi) is 4.96. The molecule has 2 N–H and O–H groups in total. The van der Waals surface area contributed by atoms with Crippen LogP contribution in [0.1, 0.15) is 16.4 Å². The second kappa shape index (κ2) is 7.37. The average Bonchev–Trinajstić information content (AvgIpc) is 2.91. The van der Waals surface area contributed by atoms with E-state index in [0.29, 0.717) is 23.0 Å². The summed E-state index contributed by atoms with van der Waals surface area (Å²) in [5.41, 5.74) is 2.07. The van der Waals surface area contributed by atoms with Crippen LogP contribution in [0, 0.1) is 0 Å². The van der Waals surface area contributed by atoms with E-state index in [1.807, 2.05) is 72.8 Å². The third-order valence-corrected chi connectivity index (χ3v) is 7.65. The van der Waals surface area contributed by atoms with E-state index in [9.17, 15) is 9.11 Å². The van der Waals surface area contributed by atoms with Gasteiger partial charge in [-0.3, -0.25) is 9.11 Å². The number of ether oxygens (including phenoxy) is 1. The topological polar surface area (TPSA) is 49.7 Å². The van der Waals surface area contributed by atoms with Gasteiger partial charge in [-0.2, -0.15) is 10.6 Å². The molecule has 26 heavy (non-hydrogen) atoms. The molecule has 1 aliphatic rings. The van der Waals surface area contributed by atoms with Gasteiger partial charge in [0.25, 0.3) is 0 Å². The van der Waals surface area contributed by atoms with Crippen molar-refractivity contribution in [2.24, 2.45) is 0 Å². The highest BCUT2D eigenvalue weighted by atomic mass is 32.3. The summed E-state index contributed by atoms with van der Waals surface area (Å²) in [4.78, 5) is 1.75. The minimum atomic E-state index is -2.78. The molecule has 3 aromatic carbocycles. The van der Waals surface area contributed by atoms with Gasteiger partial charge in [-0.05, 0) is 29.3 Å². The molecule has 0 aliphatic carbocycles. The summed E-state index contributed by atoms with van der Waals surface area (Å²) in [7, 11) is -2.78. The molecule has 0 aromatic heterocycles. The molecule has 0 spiro atoms. The predicted octanol–water partition coefficient (Wildman–Crippen LogP) is 6.22. The van der Waals surface area contributed by atoms with Gasteiger partial charge in [0.1, 0.15) is 12.4 Å². The lowest BCUT2D eigenvalue weighted by Crippen LogP contribution is -1.99. The van der Waals surface area contributed by atoms with E-state index in [-0.39, 0.29) is 5.25 Å². The molecular formula is C21H20O3S2. The molecule has 1 unspecified atom stereocenters. The molecular weight excluding hydrogens is 364 g/mol. The lowest BCUT2D eigenvalue weighted by atomic mass is 10.1. The number of fused-ring (bicyclic) bond motifs is 1. The van der Waals surface area contributed by atoms with E-state index in [2.05, 4.69) is 0 Å². The normalized spacial score (nSPS) is 18.9. The Morgan fingerprint density at radius 3 is 2.35 bits per heavy atom. The molecule has 134 valence electrons. The van der Waals surface area contributed by atoms with Crippen LogP contribution in [0.3, 0.4) is 0 Å². The first-order valence-corrected chi connectivity index (χ1v) is 11.0. The zero-order chi connectivity index (χ0) is 18.0. The fourth-order valence-electron chi connectivity index (χ4n) is 3.05. The second-order valence-corrected chi connectivity index (χ2v) is 9.61. The Morgan fingerprint density at radius 2 is 1.62 bits per heavy atom. The fourth-order valence-corrected chi connectivity index (χ4v) is 6.61. The molecule has 1 aliphatic heterocycles. The van der Waals surface area contributed by atoms with Gasteiger partial charge >= 0.3 is 0 Å². The van der Waals surface area contributed by atoms with Crippen molar-refractivity contribution in [3.63, 3.8) is 0 Å². The highest BCUT2D eigenvalue weighted by Crippen LogP contribution is 2.63. The lowest BCUT2D eigenvalue weighted by molar-refractivity contribution is 0.305. The molecule has 0 bridgehead atoms. The van der Waals surface area contributed by atoms with Crippen molar-refractivity contribution in [3.8, 4) is 5.75 Å². The van der Waals surface area contributed by atoms with E-state index in [1.165, 1.54) is 0 Å². The number of hydrogen-bond acceptors (Lipinski definition) is 4. The minimum Gasteiger partial charge on any atom is -0.489 e. The third kappa shape index (κ3) is 3.76. The third-order valence-electron chi connectivity index (χ3n) is 4.34. The van der Waals surface area contributed by atoms with Crippen LogP contribution < -0.4 is 4.74 Å². The molecule has 0 amide bonds. The number of hydrogen-bond donors (Lipinski definition) is 2. The van der Waals surface area contributed by atoms with Crippen LogP contribution in [0.15, 0.2) is 88.7 Å². The molecule has 5 heteroatoms. The molecule has 1 heterocycles. The smallest absolute Gasteiger partial charge is 0.121 e. The molecule has 3 aromatic rings.